The van der Waals surface area contributed by atoms with E-state index in [1.807, 2.05) is 18.1 Å². The van der Waals surface area contributed by atoms with Crippen LogP contribution in [0.25, 0.3) is 0 Å². The van der Waals surface area contributed by atoms with Crippen LogP contribution in [0.15, 0.2) is 17.4 Å². The third kappa shape index (κ3) is 0.992. The Hall–Kier alpha value is -0.990. The second-order valence-corrected chi connectivity index (χ2v) is 1.83. The molecule has 0 saturated carbocycles. The minimum atomic E-state index is 0.676. The molecule has 0 fully saturated rings. The summed E-state index contributed by atoms with van der Waals surface area (Å²) in [5, 5.41) is 0. The predicted molar refractivity (Wildman–Crippen MR) is 33.4 cm³/mol. The number of aliphatic imine (C=N–C) groups is 1. The zero-order valence-corrected chi connectivity index (χ0v) is 4.83. The van der Waals surface area contributed by atoms with Crippen LogP contribution in [0.2, 0.25) is 0 Å². The molecule has 2 N–H and O–H groups in total. The van der Waals surface area contributed by atoms with E-state index in [9.17, 15) is 0 Å². The van der Waals surface area contributed by atoms with Crippen LogP contribution in [0, 0.1) is 0 Å². The van der Waals surface area contributed by atoms with Crippen molar-refractivity contribution in [3.63, 3.8) is 0 Å². The van der Waals surface area contributed by atoms with Gasteiger partial charge in [0.2, 0.25) is 0 Å². The first-order valence-corrected chi connectivity index (χ1v) is 2.48. The minimum Gasteiger partial charge on any atom is -0.386 e. The summed E-state index contributed by atoms with van der Waals surface area (Å²) in [7, 11) is 1.96. The lowest BCUT2D eigenvalue weighted by atomic mass is 10.5. The number of likely N-dealkylation sites (N-methyl/N-ethyl adjacent to an activating group) is 1. The Labute approximate surface area is 48.5 Å². The number of rotatable bonds is 0. The van der Waals surface area contributed by atoms with Crippen molar-refractivity contribution < 1.29 is 0 Å². The molecule has 0 aromatic carbocycles. The van der Waals surface area contributed by atoms with Crippen LogP contribution >= 0.6 is 0 Å². The van der Waals surface area contributed by atoms with Gasteiger partial charge in [-0.15, -0.1) is 0 Å². The molecule has 0 aromatic heterocycles. The summed E-state index contributed by atoms with van der Waals surface area (Å²) < 4.78 is 0. The smallest absolute Gasteiger partial charge is 0.119 e. The van der Waals surface area contributed by atoms with E-state index in [1.165, 1.54) is 0 Å². The second kappa shape index (κ2) is 1.86. The summed E-state index contributed by atoms with van der Waals surface area (Å²) in [6.07, 6.45) is 3.58. The second-order valence-electron chi connectivity index (χ2n) is 1.83. The topological polar surface area (TPSA) is 41.6 Å². The number of hydrogen-bond acceptors (Lipinski definition) is 3. The minimum absolute atomic E-state index is 0.676. The fraction of sp³-hybridized carbons (Fsp3) is 0.400. The summed E-state index contributed by atoms with van der Waals surface area (Å²) in [4.78, 5) is 5.83. The largest absolute Gasteiger partial charge is 0.386 e. The SMILES string of the molecule is CN1C=CN=C(N)C1. The monoisotopic (exact) mass is 111 g/mol. The zero-order valence-electron chi connectivity index (χ0n) is 4.83. The summed E-state index contributed by atoms with van der Waals surface area (Å²) in [5.74, 6) is 0.676. The number of nitrogens with zero attached hydrogens (tertiary/aromatic N) is 2. The summed E-state index contributed by atoms with van der Waals surface area (Å²) >= 11 is 0. The van der Waals surface area contributed by atoms with E-state index in [0.29, 0.717) is 5.84 Å². The third-order valence-electron chi connectivity index (χ3n) is 0.973. The van der Waals surface area contributed by atoms with Gasteiger partial charge in [-0.3, -0.25) is 0 Å². The van der Waals surface area contributed by atoms with Crippen LogP contribution in [0.1, 0.15) is 0 Å². The van der Waals surface area contributed by atoms with Gasteiger partial charge in [-0.2, -0.15) is 0 Å². The lowest BCUT2D eigenvalue weighted by Gasteiger charge is -2.14. The molecule has 1 rings (SSSR count). The molecule has 0 aliphatic carbocycles. The Balaban J connectivity index is 2.59. The maximum Gasteiger partial charge on any atom is 0.119 e. The maximum atomic E-state index is 5.38. The fourth-order valence-electron chi connectivity index (χ4n) is 0.592. The molecule has 0 spiro atoms. The Bertz CT molecular complexity index is 137. The van der Waals surface area contributed by atoms with Gasteiger partial charge in [0, 0.05) is 19.4 Å². The van der Waals surface area contributed by atoms with Crippen molar-refractivity contribution >= 4 is 5.84 Å². The number of nitrogens with two attached hydrogens (primary N) is 1. The Morgan fingerprint density at radius 1 is 1.88 bits per heavy atom. The first kappa shape index (κ1) is 5.15. The standard InChI is InChI=1S/C5H9N3/c1-8-3-2-7-5(6)4-8/h2-3H,4H2,1H3,(H2,6,7). The lowest BCUT2D eigenvalue weighted by molar-refractivity contribution is 0.515. The van der Waals surface area contributed by atoms with Gasteiger partial charge in [-0.05, 0) is 0 Å². The van der Waals surface area contributed by atoms with Gasteiger partial charge < -0.3 is 10.6 Å². The molecule has 1 aliphatic rings. The van der Waals surface area contributed by atoms with Crippen molar-refractivity contribution in [3.8, 4) is 0 Å². The van der Waals surface area contributed by atoms with E-state index < -0.39 is 0 Å². The number of hydrogen-bond donors (Lipinski definition) is 1. The number of amidine groups is 1. The van der Waals surface area contributed by atoms with Gasteiger partial charge in [0.15, 0.2) is 0 Å². The molecule has 0 bridgehead atoms. The quantitative estimate of drug-likeness (QED) is 0.468. The van der Waals surface area contributed by atoms with Gasteiger partial charge in [0.25, 0.3) is 0 Å². The molecular formula is C5H9N3. The van der Waals surface area contributed by atoms with E-state index in [0.717, 1.165) is 6.54 Å². The van der Waals surface area contributed by atoms with Crippen molar-refractivity contribution in [2.45, 2.75) is 0 Å². The van der Waals surface area contributed by atoms with Crippen LogP contribution in [-0.2, 0) is 0 Å². The van der Waals surface area contributed by atoms with Crippen molar-refractivity contribution in [3.05, 3.63) is 12.4 Å². The van der Waals surface area contributed by atoms with E-state index in [1.54, 1.807) is 6.20 Å². The highest BCUT2D eigenvalue weighted by Gasteiger charge is 1.97. The average molecular weight is 111 g/mol. The molecule has 0 amide bonds. The Morgan fingerprint density at radius 2 is 2.62 bits per heavy atom. The summed E-state index contributed by atoms with van der Waals surface area (Å²) in [5.41, 5.74) is 5.38. The molecule has 44 valence electrons. The van der Waals surface area contributed by atoms with Crippen LogP contribution in [0.4, 0.5) is 0 Å². The summed E-state index contributed by atoms with van der Waals surface area (Å²) in [6.45, 7) is 0.747. The molecule has 3 nitrogen and oxygen atoms in total. The maximum absolute atomic E-state index is 5.38. The predicted octanol–water partition coefficient (Wildman–Crippen LogP) is -0.240. The highest BCUT2D eigenvalue weighted by Crippen LogP contribution is 1.90. The molecule has 0 saturated heterocycles. The van der Waals surface area contributed by atoms with Crippen molar-refractivity contribution in [1.82, 2.24) is 4.90 Å². The van der Waals surface area contributed by atoms with Crippen molar-refractivity contribution in [1.29, 1.82) is 0 Å². The average Bonchev–Trinajstić information content (AvgIpc) is 1.64. The van der Waals surface area contributed by atoms with Crippen LogP contribution in [0.3, 0.4) is 0 Å². The van der Waals surface area contributed by atoms with Gasteiger partial charge in [0.05, 0.1) is 6.54 Å². The Kier molecular flexibility index (Phi) is 1.20. The summed E-state index contributed by atoms with van der Waals surface area (Å²) in [6, 6.07) is 0. The van der Waals surface area contributed by atoms with Crippen LogP contribution in [0.5, 0.6) is 0 Å². The fourth-order valence-corrected chi connectivity index (χ4v) is 0.592. The molecule has 1 aliphatic heterocycles. The van der Waals surface area contributed by atoms with Crippen LogP contribution < -0.4 is 5.73 Å². The molecule has 1 heterocycles. The molecule has 0 radical (unpaired) electrons. The van der Waals surface area contributed by atoms with Crippen molar-refractivity contribution in [2.24, 2.45) is 10.7 Å². The van der Waals surface area contributed by atoms with Gasteiger partial charge in [0.1, 0.15) is 5.84 Å². The van der Waals surface area contributed by atoms with Crippen molar-refractivity contribution in [2.75, 3.05) is 13.6 Å². The van der Waals surface area contributed by atoms with E-state index in [2.05, 4.69) is 4.99 Å². The van der Waals surface area contributed by atoms with Gasteiger partial charge in [-0.1, -0.05) is 0 Å². The third-order valence-corrected chi connectivity index (χ3v) is 0.973. The van der Waals surface area contributed by atoms with Gasteiger partial charge >= 0.3 is 0 Å². The molecular weight excluding hydrogens is 102 g/mol. The van der Waals surface area contributed by atoms with E-state index in [-0.39, 0.29) is 0 Å². The molecule has 3 heteroatoms. The molecule has 0 atom stereocenters. The van der Waals surface area contributed by atoms with E-state index >= 15 is 0 Å². The van der Waals surface area contributed by atoms with E-state index in [4.69, 9.17) is 5.73 Å². The highest BCUT2D eigenvalue weighted by atomic mass is 15.1. The zero-order chi connectivity index (χ0) is 5.98. The first-order chi connectivity index (χ1) is 3.79. The van der Waals surface area contributed by atoms with Gasteiger partial charge in [-0.25, -0.2) is 4.99 Å². The molecule has 8 heavy (non-hydrogen) atoms. The molecule has 0 aromatic rings. The Morgan fingerprint density at radius 3 is 3.00 bits per heavy atom. The lowest BCUT2D eigenvalue weighted by Crippen LogP contribution is -2.29. The normalized spacial score (nSPS) is 18.6. The highest BCUT2D eigenvalue weighted by molar-refractivity contribution is 5.83. The van der Waals surface area contributed by atoms with Crippen LogP contribution in [-0.4, -0.2) is 24.3 Å². The first-order valence-electron chi connectivity index (χ1n) is 2.48. The molecule has 0 unspecified atom stereocenters.